The molecule has 84 valence electrons. The fraction of sp³-hybridized carbons (Fsp3) is 0.833. The van der Waals surface area contributed by atoms with Crippen molar-refractivity contribution in [1.82, 2.24) is 4.90 Å². The number of hydrogen-bond acceptors (Lipinski definition) is 2. The maximum absolute atomic E-state index is 5.93. The average molecular weight is 198 g/mol. The molecule has 14 heavy (non-hydrogen) atoms. The molecule has 0 bridgehead atoms. The maximum Gasteiger partial charge on any atom is 0.0187 e. The molecule has 2 N–H and O–H groups in total. The molecule has 0 amide bonds. The average Bonchev–Trinajstić information content (AvgIpc) is 1.99. The van der Waals surface area contributed by atoms with Crippen molar-refractivity contribution in [1.29, 1.82) is 0 Å². The minimum absolute atomic E-state index is 0.0252. The van der Waals surface area contributed by atoms with Gasteiger partial charge in [-0.25, -0.2) is 0 Å². The van der Waals surface area contributed by atoms with Crippen LogP contribution in [0.5, 0.6) is 0 Å². The van der Waals surface area contributed by atoms with Crippen LogP contribution in [0.4, 0.5) is 0 Å². The van der Waals surface area contributed by atoms with Gasteiger partial charge < -0.3 is 5.73 Å². The van der Waals surface area contributed by atoms with E-state index in [0.29, 0.717) is 0 Å². The number of nitrogens with two attached hydrogens (primary N) is 1. The molecular formula is C12H26N2. The fourth-order valence-electron chi connectivity index (χ4n) is 1.49. The monoisotopic (exact) mass is 198 g/mol. The van der Waals surface area contributed by atoms with Gasteiger partial charge in [-0.2, -0.15) is 0 Å². The van der Waals surface area contributed by atoms with Crippen LogP contribution in [0.25, 0.3) is 0 Å². The zero-order valence-electron chi connectivity index (χ0n) is 10.3. The first-order valence-electron chi connectivity index (χ1n) is 5.51. The summed E-state index contributed by atoms with van der Waals surface area (Å²) in [6, 6.07) is 0. The molecule has 0 aliphatic rings. The van der Waals surface area contributed by atoms with E-state index in [-0.39, 0.29) is 5.54 Å². The van der Waals surface area contributed by atoms with Crippen LogP contribution in [0.2, 0.25) is 0 Å². The van der Waals surface area contributed by atoms with E-state index in [1.54, 1.807) is 0 Å². The zero-order valence-corrected chi connectivity index (χ0v) is 10.3. The number of rotatable bonds is 7. The van der Waals surface area contributed by atoms with E-state index in [1.165, 1.54) is 12.0 Å². The summed E-state index contributed by atoms with van der Waals surface area (Å²) in [5.41, 5.74) is 7.14. The normalized spacial score (nSPS) is 12.1. The van der Waals surface area contributed by atoms with E-state index in [4.69, 9.17) is 5.73 Å². The largest absolute Gasteiger partial charge is 0.326 e. The van der Waals surface area contributed by atoms with Crippen molar-refractivity contribution in [2.45, 2.75) is 46.1 Å². The quantitative estimate of drug-likeness (QED) is 0.637. The molecule has 0 atom stereocenters. The molecule has 0 saturated heterocycles. The minimum atomic E-state index is -0.0252. The molecule has 0 aromatic rings. The Balaban J connectivity index is 3.68. The molecule has 2 heteroatoms. The van der Waals surface area contributed by atoms with Gasteiger partial charge in [0.2, 0.25) is 0 Å². The lowest BCUT2D eigenvalue weighted by Crippen LogP contribution is -2.34. The second-order valence-electron chi connectivity index (χ2n) is 4.92. The van der Waals surface area contributed by atoms with Crippen LogP contribution in [0.15, 0.2) is 12.2 Å². The highest BCUT2D eigenvalue weighted by Gasteiger charge is 2.10. The molecule has 0 aromatic heterocycles. The van der Waals surface area contributed by atoms with Crippen molar-refractivity contribution >= 4 is 0 Å². The number of nitrogens with zero attached hydrogens (tertiary/aromatic N) is 1. The third-order valence-electron chi connectivity index (χ3n) is 2.24. The van der Waals surface area contributed by atoms with Crippen molar-refractivity contribution in [3.8, 4) is 0 Å². The molecule has 0 aromatic carbocycles. The Morgan fingerprint density at radius 2 is 2.00 bits per heavy atom. The maximum atomic E-state index is 5.93. The zero-order chi connectivity index (χ0) is 11.2. The Labute approximate surface area is 89.2 Å². The van der Waals surface area contributed by atoms with Gasteiger partial charge in [0.25, 0.3) is 0 Å². The van der Waals surface area contributed by atoms with Crippen LogP contribution in [0.1, 0.15) is 40.5 Å². The van der Waals surface area contributed by atoms with Gasteiger partial charge in [0.05, 0.1) is 0 Å². The lowest BCUT2D eigenvalue weighted by atomic mass is 10.00. The summed E-state index contributed by atoms with van der Waals surface area (Å²) in [7, 11) is 0. The van der Waals surface area contributed by atoms with Gasteiger partial charge in [0, 0.05) is 12.1 Å². The lowest BCUT2D eigenvalue weighted by Gasteiger charge is -2.23. The van der Waals surface area contributed by atoms with Gasteiger partial charge in [-0.15, -0.1) is 0 Å². The smallest absolute Gasteiger partial charge is 0.0187 e. The van der Waals surface area contributed by atoms with Crippen molar-refractivity contribution in [2.75, 3.05) is 19.6 Å². The summed E-state index contributed by atoms with van der Waals surface area (Å²) in [4.78, 5) is 2.41. The highest BCUT2D eigenvalue weighted by atomic mass is 15.1. The van der Waals surface area contributed by atoms with Crippen molar-refractivity contribution < 1.29 is 0 Å². The second-order valence-corrected chi connectivity index (χ2v) is 4.92. The highest BCUT2D eigenvalue weighted by Crippen LogP contribution is 2.08. The van der Waals surface area contributed by atoms with Crippen LogP contribution >= 0.6 is 0 Å². The topological polar surface area (TPSA) is 29.3 Å². The van der Waals surface area contributed by atoms with E-state index < -0.39 is 0 Å². The molecule has 0 spiro atoms. The van der Waals surface area contributed by atoms with E-state index >= 15 is 0 Å². The standard InChI is InChI=1S/C12H26N2/c1-6-14(10-11(2)3)9-7-8-12(4,5)13/h2,6-10,13H2,1,3-5H3. The molecule has 2 nitrogen and oxygen atoms in total. The molecular weight excluding hydrogens is 172 g/mol. The van der Waals surface area contributed by atoms with Crippen LogP contribution < -0.4 is 5.73 Å². The van der Waals surface area contributed by atoms with Crippen molar-refractivity contribution in [2.24, 2.45) is 5.73 Å². The number of hydrogen-bond donors (Lipinski definition) is 1. The fourth-order valence-corrected chi connectivity index (χ4v) is 1.49. The van der Waals surface area contributed by atoms with E-state index in [2.05, 4.69) is 39.2 Å². The summed E-state index contributed by atoms with van der Waals surface area (Å²) < 4.78 is 0. The Morgan fingerprint density at radius 1 is 1.43 bits per heavy atom. The van der Waals surface area contributed by atoms with Crippen LogP contribution in [-0.2, 0) is 0 Å². The summed E-state index contributed by atoms with van der Waals surface area (Å²) in [5.74, 6) is 0. The second kappa shape index (κ2) is 6.20. The Hall–Kier alpha value is -0.340. The highest BCUT2D eigenvalue weighted by molar-refractivity contribution is 4.91. The number of likely N-dealkylation sites (N-methyl/N-ethyl adjacent to an activating group) is 1. The van der Waals surface area contributed by atoms with E-state index in [1.807, 2.05) is 0 Å². The van der Waals surface area contributed by atoms with Gasteiger partial charge in [0.15, 0.2) is 0 Å². The first-order chi connectivity index (χ1) is 6.35. The first kappa shape index (κ1) is 13.7. The minimum Gasteiger partial charge on any atom is -0.326 e. The van der Waals surface area contributed by atoms with Crippen molar-refractivity contribution in [3.05, 3.63) is 12.2 Å². The molecule has 0 fully saturated rings. The third-order valence-corrected chi connectivity index (χ3v) is 2.24. The summed E-state index contributed by atoms with van der Waals surface area (Å²) in [6.45, 7) is 15.6. The first-order valence-corrected chi connectivity index (χ1v) is 5.51. The molecule has 0 radical (unpaired) electrons. The Morgan fingerprint density at radius 3 is 2.36 bits per heavy atom. The molecule has 0 rings (SSSR count). The van der Waals surface area contributed by atoms with Gasteiger partial charge >= 0.3 is 0 Å². The lowest BCUT2D eigenvalue weighted by molar-refractivity contribution is 0.291. The summed E-state index contributed by atoms with van der Waals surface area (Å²) in [5, 5.41) is 0. The van der Waals surface area contributed by atoms with Crippen LogP contribution in [0, 0.1) is 0 Å². The predicted molar refractivity (Wildman–Crippen MR) is 64.4 cm³/mol. The molecule has 0 aliphatic heterocycles. The van der Waals surface area contributed by atoms with Gasteiger partial charge in [0.1, 0.15) is 0 Å². The van der Waals surface area contributed by atoms with Crippen LogP contribution in [0.3, 0.4) is 0 Å². The van der Waals surface area contributed by atoms with Gasteiger partial charge in [-0.3, -0.25) is 4.90 Å². The van der Waals surface area contributed by atoms with E-state index in [0.717, 1.165) is 26.1 Å². The van der Waals surface area contributed by atoms with Crippen molar-refractivity contribution in [3.63, 3.8) is 0 Å². The molecule has 0 heterocycles. The third kappa shape index (κ3) is 8.27. The predicted octanol–water partition coefficient (Wildman–Crippen LogP) is 2.40. The van der Waals surface area contributed by atoms with Crippen LogP contribution in [-0.4, -0.2) is 30.1 Å². The SMILES string of the molecule is C=C(C)CN(CC)CCCC(C)(C)N. The molecule has 0 aliphatic carbocycles. The Kier molecular flexibility index (Phi) is 6.05. The van der Waals surface area contributed by atoms with Gasteiger partial charge in [-0.1, -0.05) is 19.1 Å². The summed E-state index contributed by atoms with van der Waals surface area (Å²) in [6.07, 6.45) is 2.25. The molecule has 0 unspecified atom stereocenters. The summed E-state index contributed by atoms with van der Waals surface area (Å²) >= 11 is 0. The Bertz CT molecular complexity index is 168. The molecule has 0 saturated carbocycles. The van der Waals surface area contributed by atoms with E-state index in [9.17, 15) is 0 Å². The van der Waals surface area contributed by atoms with Gasteiger partial charge in [-0.05, 0) is 46.7 Å².